The molecule has 3 rings (SSSR count). The molecule has 19 heavy (non-hydrogen) atoms. The fourth-order valence-corrected chi connectivity index (χ4v) is 2.91. The SMILES string of the molecule is CC1CCN(c2nc3ccccc3cc2CO)C1C. The quantitative estimate of drug-likeness (QED) is 0.897. The normalized spacial score (nSPS) is 23.2. The van der Waals surface area contributed by atoms with Crippen LogP contribution in [0.25, 0.3) is 10.9 Å². The number of pyridine rings is 1. The summed E-state index contributed by atoms with van der Waals surface area (Å²) in [6.07, 6.45) is 1.19. The number of aromatic nitrogens is 1. The molecule has 1 aromatic carbocycles. The third-order valence-electron chi connectivity index (χ3n) is 4.36. The van der Waals surface area contributed by atoms with Gasteiger partial charge in [0, 0.05) is 23.5 Å². The van der Waals surface area contributed by atoms with Crippen LogP contribution in [0.3, 0.4) is 0 Å². The monoisotopic (exact) mass is 256 g/mol. The third-order valence-corrected chi connectivity index (χ3v) is 4.36. The fraction of sp³-hybridized carbons (Fsp3) is 0.438. The standard InChI is InChI=1S/C16H20N2O/c1-11-7-8-18(12(11)2)16-14(10-19)9-13-5-3-4-6-15(13)17-16/h3-6,9,11-12,19H,7-8,10H2,1-2H3. The molecule has 0 radical (unpaired) electrons. The Hall–Kier alpha value is -1.61. The van der Waals surface area contributed by atoms with Gasteiger partial charge in [-0.1, -0.05) is 25.1 Å². The molecule has 1 aliphatic rings. The van der Waals surface area contributed by atoms with Crippen LogP contribution in [-0.2, 0) is 6.61 Å². The minimum atomic E-state index is 0.0464. The first-order valence-corrected chi connectivity index (χ1v) is 6.97. The molecular weight excluding hydrogens is 236 g/mol. The van der Waals surface area contributed by atoms with Crippen molar-refractivity contribution in [2.24, 2.45) is 5.92 Å². The second-order valence-electron chi connectivity index (χ2n) is 5.52. The predicted octanol–water partition coefficient (Wildman–Crippen LogP) is 2.96. The van der Waals surface area contributed by atoms with E-state index < -0.39 is 0 Å². The Morgan fingerprint density at radius 2 is 2.11 bits per heavy atom. The fourth-order valence-electron chi connectivity index (χ4n) is 2.91. The summed E-state index contributed by atoms with van der Waals surface area (Å²) in [5.74, 6) is 1.64. The molecule has 2 atom stereocenters. The zero-order chi connectivity index (χ0) is 13.4. The van der Waals surface area contributed by atoms with Gasteiger partial charge in [0.2, 0.25) is 0 Å². The van der Waals surface area contributed by atoms with Gasteiger partial charge in [-0.15, -0.1) is 0 Å². The Balaban J connectivity index is 2.11. The predicted molar refractivity (Wildman–Crippen MR) is 78.3 cm³/mol. The van der Waals surface area contributed by atoms with Crippen LogP contribution >= 0.6 is 0 Å². The van der Waals surface area contributed by atoms with Crippen molar-refractivity contribution in [3.63, 3.8) is 0 Å². The molecule has 3 nitrogen and oxygen atoms in total. The van der Waals surface area contributed by atoms with Crippen molar-refractivity contribution in [1.82, 2.24) is 4.98 Å². The van der Waals surface area contributed by atoms with Crippen LogP contribution in [-0.4, -0.2) is 22.7 Å². The van der Waals surface area contributed by atoms with Crippen LogP contribution in [0.2, 0.25) is 0 Å². The van der Waals surface area contributed by atoms with Crippen LogP contribution in [0.15, 0.2) is 30.3 Å². The Bertz CT molecular complexity index is 596. The molecule has 1 fully saturated rings. The number of aliphatic hydroxyl groups excluding tert-OH is 1. The van der Waals surface area contributed by atoms with E-state index >= 15 is 0 Å². The number of nitrogens with zero attached hydrogens (tertiary/aromatic N) is 2. The Kier molecular flexibility index (Phi) is 3.15. The highest BCUT2D eigenvalue weighted by Crippen LogP contribution is 2.32. The molecule has 1 N–H and O–H groups in total. The maximum atomic E-state index is 9.62. The molecule has 2 heterocycles. The van der Waals surface area contributed by atoms with E-state index in [0.29, 0.717) is 12.0 Å². The van der Waals surface area contributed by atoms with Gasteiger partial charge in [0.05, 0.1) is 12.1 Å². The van der Waals surface area contributed by atoms with Gasteiger partial charge in [-0.25, -0.2) is 4.98 Å². The van der Waals surface area contributed by atoms with Crippen molar-refractivity contribution in [2.75, 3.05) is 11.4 Å². The highest BCUT2D eigenvalue weighted by atomic mass is 16.3. The Labute approximate surface area is 113 Å². The summed E-state index contributed by atoms with van der Waals surface area (Å²) in [7, 11) is 0. The van der Waals surface area contributed by atoms with E-state index in [4.69, 9.17) is 4.98 Å². The Morgan fingerprint density at radius 3 is 2.79 bits per heavy atom. The highest BCUT2D eigenvalue weighted by molar-refractivity contribution is 5.81. The smallest absolute Gasteiger partial charge is 0.135 e. The zero-order valence-corrected chi connectivity index (χ0v) is 11.5. The van der Waals surface area contributed by atoms with E-state index in [1.165, 1.54) is 6.42 Å². The average Bonchev–Trinajstić information content (AvgIpc) is 2.77. The summed E-state index contributed by atoms with van der Waals surface area (Å²) >= 11 is 0. The van der Waals surface area contributed by atoms with Crippen LogP contribution in [0.5, 0.6) is 0 Å². The first-order chi connectivity index (χ1) is 9.20. The lowest BCUT2D eigenvalue weighted by Gasteiger charge is -2.26. The van der Waals surface area contributed by atoms with Gasteiger partial charge in [0.15, 0.2) is 0 Å². The maximum absolute atomic E-state index is 9.62. The molecule has 0 spiro atoms. The molecule has 0 bridgehead atoms. The van der Waals surface area contributed by atoms with Gasteiger partial charge in [-0.05, 0) is 31.4 Å². The van der Waals surface area contributed by atoms with Gasteiger partial charge >= 0.3 is 0 Å². The number of hydrogen-bond donors (Lipinski definition) is 1. The molecule has 1 aliphatic heterocycles. The van der Waals surface area contributed by atoms with Crippen molar-refractivity contribution in [2.45, 2.75) is 32.9 Å². The van der Waals surface area contributed by atoms with E-state index in [9.17, 15) is 5.11 Å². The highest BCUT2D eigenvalue weighted by Gasteiger charge is 2.29. The number of hydrogen-bond acceptors (Lipinski definition) is 3. The van der Waals surface area contributed by atoms with Crippen molar-refractivity contribution in [3.05, 3.63) is 35.9 Å². The molecule has 2 aromatic rings. The number of rotatable bonds is 2. The van der Waals surface area contributed by atoms with Crippen LogP contribution < -0.4 is 4.90 Å². The number of para-hydroxylation sites is 1. The summed E-state index contributed by atoms with van der Waals surface area (Å²) in [5.41, 5.74) is 1.93. The number of benzene rings is 1. The number of aliphatic hydroxyl groups is 1. The van der Waals surface area contributed by atoms with E-state index in [2.05, 4.69) is 24.8 Å². The first kappa shape index (κ1) is 12.4. The van der Waals surface area contributed by atoms with Crippen molar-refractivity contribution >= 4 is 16.7 Å². The van der Waals surface area contributed by atoms with Crippen molar-refractivity contribution in [3.8, 4) is 0 Å². The summed E-state index contributed by atoms with van der Waals surface area (Å²) < 4.78 is 0. The van der Waals surface area contributed by atoms with Crippen molar-refractivity contribution in [1.29, 1.82) is 0 Å². The van der Waals surface area contributed by atoms with Gasteiger partial charge in [0.1, 0.15) is 5.82 Å². The molecule has 3 heteroatoms. The summed E-state index contributed by atoms with van der Waals surface area (Å²) in [5, 5.41) is 10.7. The third kappa shape index (κ3) is 2.08. The molecule has 0 aliphatic carbocycles. The topological polar surface area (TPSA) is 36.4 Å². The Morgan fingerprint density at radius 1 is 1.32 bits per heavy atom. The molecule has 2 unspecified atom stereocenters. The lowest BCUT2D eigenvalue weighted by atomic mass is 10.0. The van der Waals surface area contributed by atoms with E-state index in [0.717, 1.165) is 28.8 Å². The molecule has 100 valence electrons. The zero-order valence-electron chi connectivity index (χ0n) is 11.5. The van der Waals surface area contributed by atoms with Gasteiger partial charge in [-0.3, -0.25) is 0 Å². The number of anilines is 1. The van der Waals surface area contributed by atoms with Crippen LogP contribution in [0.4, 0.5) is 5.82 Å². The summed E-state index contributed by atoms with van der Waals surface area (Å²) in [6.45, 7) is 5.60. The first-order valence-electron chi connectivity index (χ1n) is 6.97. The second kappa shape index (κ2) is 4.82. The molecule has 1 saturated heterocycles. The lowest BCUT2D eigenvalue weighted by Crippen LogP contribution is -2.30. The average molecular weight is 256 g/mol. The lowest BCUT2D eigenvalue weighted by molar-refractivity contribution is 0.281. The maximum Gasteiger partial charge on any atom is 0.135 e. The minimum Gasteiger partial charge on any atom is -0.392 e. The number of fused-ring (bicyclic) bond motifs is 1. The van der Waals surface area contributed by atoms with E-state index in [1.807, 2.05) is 24.3 Å². The second-order valence-corrected chi connectivity index (χ2v) is 5.52. The molecule has 0 saturated carbocycles. The minimum absolute atomic E-state index is 0.0464. The molecule has 0 amide bonds. The van der Waals surface area contributed by atoms with Crippen LogP contribution in [0, 0.1) is 5.92 Å². The summed E-state index contributed by atoms with van der Waals surface area (Å²) in [4.78, 5) is 7.11. The van der Waals surface area contributed by atoms with Crippen molar-refractivity contribution < 1.29 is 5.11 Å². The van der Waals surface area contributed by atoms with Gasteiger partial charge in [0.25, 0.3) is 0 Å². The largest absolute Gasteiger partial charge is 0.392 e. The molecular formula is C16H20N2O. The van der Waals surface area contributed by atoms with E-state index in [-0.39, 0.29) is 6.61 Å². The van der Waals surface area contributed by atoms with E-state index in [1.54, 1.807) is 0 Å². The van der Waals surface area contributed by atoms with Gasteiger partial charge in [-0.2, -0.15) is 0 Å². The van der Waals surface area contributed by atoms with Crippen LogP contribution in [0.1, 0.15) is 25.8 Å². The summed E-state index contributed by atoms with van der Waals surface area (Å²) in [6, 6.07) is 10.6. The molecule has 1 aromatic heterocycles. The van der Waals surface area contributed by atoms with Gasteiger partial charge < -0.3 is 10.0 Å².